The Morgan fingerprint density at radius 1 is 0.630 bits per heavy atom. The molecule has 1 aliphatic rings. The fraction of sp³-hybridized carbons (Fsp3) is 0. The average molecular weight is 428 g/mol. The lowest BCUT2D eigenvalue weighted by molar-refractivity contribution is 1.71. The van der Waals surface area contributed by atoms with Crippen LogP contribution in [0.2, 0.25) is 0 Å². The predicted octanol–water partition coefficient (Wildman–Crippen LogP) is 6.23. The van der Waals surface area contributed by atoms with E-state index in [0.717, 1.165) is 4.47 Å². The van der Waals surface area contributed by atoms with Crippen molar-refractivity contribution in [3.8, 4) is 11.1 Å². The highest BCUT2D eigenvalue weighted by molar-refractivity contribution is 9.10. The van der Waals surface area contributed by atoms with Crippen molar-refractivity contribution in [2.75, 3.05) is 0 Å². The van der Waals surface area contributed by atoms with Crippen LogP contribution in [-0.4, -0.2) is 6.13 Å². The molecule has 0 spiro atoms. The number of benzene rings is 5. The molecular weight excluding hydrogens is 414 g/mol. The minimum absolute atomic E-state index is 0.125. The van der Waals surface area contributed by atoms with Crippen LogP contribution in [0.4, 0.5) is 0 Å². The monoisotopic (exact) mass is 426 g/mol. The zero-order valence-corrected chi connectivity index (χ0v) is 16.7. The van der Waals surface area contributed by atoms with Crippen molar-refractivity contribution in [3.63, 3.8) is 0 Å². The first kappa shape index (κ1) is 15.7. The summed E-state index contributed by atoms with van der Waals surface area (Å²) < 4.78 is 1.08. The predicted molar refractivity (Wildman–Crippen MR) is 123 cm³/mol. The molecule has 27 heavy (non-hydrogen) atoms. The minimum Gasteiger partial charge on any atom is -0.182 e. The smallest absolute Gasteiger partial charge is 0.182 e. The van der Waals surface area contributed by atoms with E-state index in [0.29, 0.717) is 0 Å². The van der Waals surface area contributed by atoms with E-state index in [4.69, 9.17) is 11.5 Å². The largest absolute Gasteiger partial charge is 0.317 e. The second-order valence-corrected chi connectivity index (χ2v) is 8.40. The Labute approximate surface area is 170 Å². The van der Waals surface area contributed by atoms with Gasteiger partial charge in [-0.1, -0.05) is 88.7 Å². The maximum atomic E-state index is 6.92. The Balaban J connectivity index is 1.94. The van der Waals surface area contributed by atoms with Crippen molar-refractivity contribution in [2.45, 2.75) is 0 Å². The lowest BCUT2D eigenvalue weighted by atomic mass is 9.65. The van der Waals surface area contributed by atoms with Gasteiger partial charge < -0.3 is 0 Å². The summed E-state index contributed by atoms with van der Waals surface area (Å²) >= 11 is 10.6. The van der Waals surface area contributed by atoms with Crippen LogP contribution in [0.5, 0.6) is 0 Å². The Morgan fingerprint density at radius 3 is 1.93 bits per heavy atom. The first-order valence-corrected chi connectivity index (χ1v) is 10.3. The molecule has 1 aliphatic heterocycles. The molecule has 0 nitrogen and oxygen atoms in total. The second-order valence-electron chi connectivity index (χ2n) is 7.11. The molecule has 5 aromatic rings. The van der Waals surface area contributed by atoms with Crippen molar-refractivity contribution in [1.29, 1.82) is 0 Å². The van der Waals surface area contributed by atoms with Gasteiger partial charge in [-0.15, -0.1) is 0 Å². The molecule has 126 valence electrons. The highest BCUT2D eigenvalue weighted by Crippen LogP contribution is 2.41. The highest BCUT2D eigenvalue weighted by Gasteiger charge is 2.34. The topological polar surface area (TPSA) is 0 Å². The molecule has 0 N–H and O–H groups in total. The third-order valence-electron chi connectivity index (χ3n) is 5.79. The van der Waals surface area contributed by atoms with E-state index < -0.39 is 0 Å². The van der Waals surface area contributed by atoms with Gasteiger partial charge in [0.15, 0.2) is 0 Å². The molecule has 0 saturated carbocycles. The Bertz CT molecular complexity index is 1370. The molecule has 0 aliphatic carbocycles. The zero-order chi connectivity index (χ0) is 18.1. The van der Waals surface area contributed by atoms with Crippen LogP contribution in [0.3, 0.4) is 0 Å². The van der Waals surface area contributed by atoms with Crippen LogP contribution < -0.4 is 10.9 Å². The molecule has 0 aromatic heterocycles. The van der Waals surface area contributed by atoms with E-state index in [9.17, 15) is 0 Å². The van der Waals surface area contributed by atoms with Gasteiger partial charge in [0.1, 0.15) is 0 Å². The van der Waals surface area contributed by atoms with Crippen molar-refractivity contribution in [1.82, 2.24) is 0 Å². The SMILES string of the molecule is ClB1c2ccc3c4ccccc4c4ccccc4c3c2-c2cccc(Br)c21. The third kappa shape index (κ3) is 2.00. The zero-order valence-electron chi connectivity index (χ0n) is 14.3. The molecule has 0 radical (unpaired) electrons. The van der Waals surface area contributed by atoms with Gasteiger partial charge in [-0.2, -0.15) is 11.5 Å². The quantitative estimate of drug-likeness (QED) is 0.203. The van der Waals surface area contributed by atoms with Gasteiger partial charge in [0.05, 0.1) is 0 Å². The van der Waals surface area contributed by atoms with Crippen molar-refractivity contribution < 1.29 is 0 Å². The summed E-state index contributed by atoms with van der Waals surface area (Å²) in [4.78, 5) is 0. The van der Waals surface area contributed by atoms with E-state index >= 15 is 0 Å². The molecule has 0 unspecified atom stereocenters. The van der Waals surface area contributed by atoms with E-state index in [1.807, 2.05) is 0 Å². The fourth-order valence-corrected chi connectivity index (χ4v) is 5.83. The van der Waals surface area contributed by atoms with Gasteiger partial charge >= 0.3 is 6.13 Å². The van der Waals surface area contributed by atoms with Crippen LogP contribution in [-0.2, 0) is 0 Å². The average Bonchev–Trinajstić information content (AvgIpc) is 3.01. The van der Waals surface area contributed by atoms with Crippen LogP contribution in [0.1, 0.15) is 0 Å². The van der Waals surface area contributed by atoms with Gasteiger partial charge in [0, 0.05) is 4.47 Å². The van der Waals surface area contributed by atoms with E-state index in [2.05, 4.69) is 94.8 Å². The molecular formula is C24H13BBrCl. The lowest BCUT2D eigenvalue weighted by Crippen LogP contribution is -2.32. The second kappa shape index (κ2) is 5.61. The summed E-state index contributed by atoms with van der Waals surface area (Å²) in [7, 11) is 0. The van der Waals surface area contributed by atoms with Crippen LogP contribution in [0.25, 0.3) is 43.4 Å². The summed E-state index contributed by atoms with van der Waals surface area (Å²) in [6.45, 7) is 0. The molecule has 6 rings (SSSR count). The molecule has 0 amide bonds. The van der Waals surface area contributed by atoms with Crippen LogP contribution in [0, 0.1) is 0 Å². The molecule has 1 heterocycles. The van der Waals surface area contributed by atoms with E-state index in [1.54, 1.807) is 0 Å². The van der Waals surface area contributed by atoms with Crippen molar-refractivity contribution >= 4 is 76.8 Å². The number of rotatable bonds is 0. The van der Waals surface area contributed by atoms with Crippen molar-refractivity contribution in [3.05, 3.63) is 83.3 Å². The van der Waals surface area contributed by atoms with Gasteiger partial charge in [0.2, 0.25) is 0 Å². The van der Waals surface area contributed by atoms with Gasteiger partial charge in [-0.05, 0) is 60.4 Å². The third-order valence-corrected chi connectivity index (χ3v) is 6.93. The first-order chi connectivity index (χ1) is 13.3. The van der Waals surface area contributed by atoms with Crippen molar-refractivity contribution in [2.24, 2.45) is 0 Å². The molecule has 5 aromatic carbocycles. The fourth-order valence-electron chi connectivity index (χ4n) is 4.68. The van der Waals surface area contributed by atoms with Crippen LogP contribution >= 0.6 is 27.4 Å². The van der Waals surface area contributed by atoms with E-state index in [-0.39, 0.29) is 6.13 Å². The minimum atomic E-state index is -0.125. The number of halogens is 2. The van der Waals surface area contributed by atoms with Gasteiger partial charge in [-0.25, -0.2) is 0 Å². The summed E-state index contributed by atoms with van der Waals surface area (Å²) in [5.41, 5.74) is 4.90. The number of fused-ring (bicyclic) bond motifs is 10. The highest BCUT2D eigenvalue weighted by atomic mass is 79.9. The Morgan fingerprint density at radius 2 is 1.22 bits per heavy atom. The Hall–Kier alpha value is -2.29. The first-order valence-electron chi connectivity index (χ1n) is 9.04. The summed E-state index contributed by atoms with van der Waals surface area (Å²) in [6.07, 6.45) is -0.125. The lowest BCUT2D eigenvalue weighted by Gasteiger charge is -2.14. The maximum Gasteiger partial charge on any atom is 0.317 e. The summed E-state index contributed by atoms with van der Waals surface area (Å²) in [5, 5.41) is 7.78. The van der Waals surface area contributed by atoms with Crippen LogP contribution in [0.15, 0.2) is 83.3 Å². The molecule has 0 bridgehead atoms. The standard InChI is InChI=1S/C24H13BBrCl/c26-21-11-5-10-19-23-20(25(27)24(19)21)13-12-18-16-8-2-1-6-14(16)15-7-3-4-9-17(15)22(18)23/h1-13H. The molecule has 0 atom stereocenters. The molecule has 0 fully saturated rings. The van der Waals surface area contributed by atoms with Gasteiger partial charge in [0.25, 0.3) is 0 Å². The molecule has 3 heteroatoms. The summed E-state index contributed by atoms with van der Waals surface area (Å²) in [6, 6.07) is 28.3. The maximum absolute atomic E-state index is 6.92. The Kier molecular flexibility index (Phi) is 3.27. The molecule has 0 saturated heterocycles. The van der Waals surface area contributed by atoms with E-state index in [1.165, 1.54) is 54.4 Å². The number of hydrogen-bond acceptors (Lipinski definition) is 0. The normalized spacial score (nSPS) is 12.7. The van der Waals surface area contributed by atoms with Gasteiger partial charge in [-0.3, -0.25) is 0 Å². The number of hydrogen-bond donors (Lipinski definition) is 0. The summed E-state index contributed by atoms with van der Waals surface area (Å²) in [5.74, 6) is 0.